The first-order chi connectivity index (χ1) is 7.11. The summed E-state index contributed by atoms with van der Waals surface area (Å²) >= 11 is 0. The first kappa shape index (κ1) is 11.9. The molecule has 0 aromatic rings. The highest BCUT2D eigenvalue weighted by Gasteiger charge is 2.65. The first-order valence-electron chi connectivity index (χ1n) is 5.72. The molecular weight excluding hydrogens is 217 g/mol. The van der Waals surface area contributed by atoms with Gasteiger partial charge in [0, 0.05) is 5.92 Å². The molecule has 4 heteroatoms. The van der Waals surface area contributed by atoms with Gasteiger partial charge in [-0.3, -0.25) is 4.79 Å². The number of carbonyl (C=O) groups is 1. The van der Waals surface area contributed by atoms with Crippen molar-refractivity contribution in [3.63, 3.8) is 0 Å². The lowest BCUT2D eigenvalue weighted by Crippen LogP contribution is -2.41. The summed E-state index contributed by atoms with van der Waals surface area (Å²) in [6.07, 6.45) is -2.54. The first-order valence-corrected chi connectivity index (χ1v) is 5.72. The van der Waals surface area contributed by atoms with E-state index in [0.29, 0.717) is 6.42 Å². The minimum absolute atomic E-state index is 0.140. The maximum absolute atomic E-state index is 12.5. The molecule has 2 rings (SSSR count). The Bertz CT molecular complexity index is 332. The van der Waals surface area contributed by atoms with Crippen LogP contribution in [0.5, 0.6) is 0 Å². The fourth-order valence-corrected chi connectivity index (χ4v) is 3.80. The highest BCUT2D eigenvalue weighted by molar-refractivity contribution is 5.87. The molecule has 0 radical (unpaired) electrons. The molecule has 0 aromatic carbocycles. The van der Waals surface area contributed by atoms with Crippen LogP contribution in [-0.2, 0) is 4.79 Å². The fraction of sp³-hybridized carbons (Fsp3) is 0.917. The van der Waals surface area contributed by atoms with E-state index in [-0.39, 0.29) is 11.3 Å². The number of hydrogen-bond acceptors (Lipinski definition) is 1. The van der Waals surface area contributed by atoms with Gasteiger partial charge in [-0.05, 0) is 36.0 Å². The van der Waals surface area contributed by atoms with Crippen molar-refractivity contribution in [2.75, 3.05) is 0 Å². The second-order valence-electron chi connectivity index (χ2n) is 6.03. The van der Waals surface area contributed by atoms with E-state index >= 15 is 0 Å². The Morgan fingerprint density at radius 2 is 1.81 bits per heavy atom. The van der Waals surface area contributed by atoms with Gasteiger partial charge in [0.1, 0.15) is 0 Å². The van der Waals surface area contributed by atoms with Gasteiger partial charge >= 0.3 is 6.18 Å². The van der Waals surface area contributed by atoms with Gasteiger partial charge < -0.3 is 0 Å². The summed E-state index contributed by atoms with van der Waals surface area (Å²) in [6.45, 7) is 5.87. The second kappa shape index (κ2) is 3.02. The monoisotopic (exact) mass is 234 g/mol. The van der Waals surface area contributed by atoms with Crippen molar-refractivity contribution in [2.24, 2.45) is 22.7 Å². The topological polar surface area (TPSA) is 17.1 Å². The minimum atomic E-state index is -4.67. The van der Waals surface area contributed by atoms with E-state index in [0.717, 1.165) is 12.8 Å². The van der Waals surface area contributed by atoms with E-state index in [4.69, 9.17) is 0 Å². The number of ketones is 1. The third kappa shape index (κ3) is 1.28. The van der Waals surface area contributed by atoms with Crippen molar-refractivity contribution in [1.29, 1.82) is 0 Å². The van der Waals surface area contributed by atoms with Gasteiger partial charge in [-0.2, -0.15) is 13.2 Å². The van der Waals surface area contributed by atoms with Crippen LogP contribution in [0.4, 0.5) is 13.2 Å². The molecule has 2 fully saturated rings. The predicted molar refractivity (Wildman–Crippen MR) is 53.8 cm³/mol. The summed E-state index contributed by atoms with van der Waals surface area (Å²) in [5.74, 6) is -2.06. The van der Waals surface area contributed by atoms with Gasteiger partial charge in [-0.1, -0.05) is 20.8 Å². The molecule has 2 aliphatic carbocycles. The summed E-state index contributed by atoms with van der Waals surface area (Å²) in [6, 6.07) is 0. The molecule has 0 amide bonds. The van der Waals surface area contributed by atoms with Gasteiger partial charge in [-0.15, -0.1) is 0 Å². The van der Waals surface area contributed by atoms with E-state index in [2.05, 4.69) is 0 Å². The summed E-state index contributed by atoms with van der Waals surface area (Å²) in [7, 11) is 0. The number of halogens is 3. The van der Waals surface area contributed by atoms with Crippen molar-refractivity contribution >= 4 is 5.78 Å². The van der Waals surface area contributed by atoms with Crippen LogP contribution in [0.15, 0.2) is 0 Å². The Morgan fingerprint density at radius 3 is 2.12 bits per heavy atom. The third-order valence-corrected chi connectivity index (χ3v) is 5.39. The Balaban J connectivity index is 2.32. The third-order valence-electron chi connectivity index (χ3n) is 5.39. The molecule has 0 heterocycles. The van der Waals surface area contributed by atoms with Crippen LogP contribution in [0.1, 0.15) is 40.0 Å². The second-order valence-corrected chi connectivity index (χ2v) is 6.03. The molecule has 16 heavy (non-hydrogen) atoms. The van der Waals surface area contributed by atoms with Crippen LogP contribution in [-0.4, -0.2) is 12.0 Å². The van der Waals surface area contributed by atoms with Crippen molar-refractivity contribution in [3.05, 3.63) is 0 Å². The van der Waals surface area contributed by atoms with E-state index in [1.165, 1.54) is 0 Å². The summed E-state index contributed by atoms with van der Waals surface area (Å²) < 4.78 is 37.5. The van der Waals surface area contributed by atoms with Crippen molar-refractivity contribution in [2.45, 2.75) is 46.2 Å². The lowest BCUT2D eigenvalue weighted by Gasteiger charge is -2.38. The highest BCUT2D eigenvalue weighted by Crippen LogP contribution is 2.68. The minimum Gasteiger partial charge on any atom is -0.289 e. The van der Waals surface area contributed by atoms with Gasteiger partial charge in [0.25, 0.3) is 0 Å². The molecule has 0 N–H and O–H groups in total. The summed E-state index contributed by atoms with van der Waals surface area (Å²) in [5.41, 5.74) is -0.608. The zero-order valence-electron chi connectivity index (χ0n) is 9.82. The molecule has 2 bridgehead atoms. The van der Waals surface area contributed by atoms with Gasteiger partial charge in [0.2, 0.25) is 5.78 Å². The standard InChI is InChI=1S/C12H17F3O/c1-10(2)7-4-5-11(10,3)8(6-7)9(16)12(13,14)15/h7-8H,4-6H2,1-3H3. The number of Topliss-reactive ketones (excluding diaryl/α,β-unsaturated/α-hetero) is 1. The largest absolute Gasteiger partial charge is 0.450 e. The molecule has 2 aliphatic rings. The number of rotatable bonds is 1. The van der Waals surface area contributed by atoms with Crippen molar-refractivity contribution < 1.29 is 18.0 Å². The summed E-state index contributed by atoms with van der Waals surface area (Å²) in [4.78, 5) is 11.4. The molecule has 0 spiro atoms. The van der Waals surface area contributed by atoms with Crippen molar-refractivity contribution in [3.8, 4) is 0 Å². The lowest BCUT2D eigenvalue weighted by molar-refractivity contribution is -0.180. The quantitative estimate of drug-likeness (QED) is 0.677. The van der Waals surface area contributed by atoms with Crippen LogP contribution in [0, 0.1) is 22.7 Å². The number of carbonyl (C=O) groups excluding carboxylic acids is 1. The van der Waals surface area contributed by atoms with Crippen LogP contribution >= 0.6 is 0 Å². The average Bonchev–Trinajstić information content (AvgIpc) is 2.46. The van der Waals surface area contributed by atoms with E-state index in [9.17, 15) is 18.0 Å². The van der Waals surface area contributed by atoms with E-state index < -0.39 is 23.3 Å². The van der Waals surface area contributed by atoms with Crippen LogP contribution in [0.25, 0.3) is 0 Å². The number of fused-ring (bicyclic) bond motifs is 2. The molecule has 1 nitrogen and oxygen atoms in total. The zero-order valence-corrected chi connectivity index (χ0v) is 9.82. The molecule has 92 valence electrons. The van der Waals surface area contributed by atoms with E-state index in [1.54, 1.807) is 0 Å². The number of hydrogen-bond donors (Lipinski definition) is 0. The molecule has 2 saturated carbocycles. The van der Waals surface area contributed by atoms with Gasteiger partial charge in [-0.25, -0.2) is 0 Å². The summed E-state index contributed by atoms with van der Waals surface area (Å²) in [5, 5.41) is 0. The zero-order chi connectivity index (χ0) is 12.4. The SMILES string of the molecule is CC1(C)C2CCC1(C)C(C(=O)C(F)(F)F)C2. The Labute approximate surface area is 93.4 Å². The Kier molecular flexibility index (Phi) is 2.25. The number of alkyl halides is 3. The maximum Gasteiger partial charge on any atom is 0.450 e. The average molecular weight is 234 g/mol. The molecule has 3 unspecified atom stereocenters. The van der Waals surface area contributed by atoms with E-state index in [1.807, 2.05) is 20.8 Å². The van der Waals surface area contributed by atoms with Crippen LogP contribution < -0.4 is 0 Å². The molecule has 0 aromatic heterocycles. The molecule has 3 atom stereocenters. The predicted octanol–water partition coefficient (Wildman–Crippen LogP) is 3.58. The van der Waals surface area contributed by atoms with Crippen LogP contribution in [0.2, 0.25) is 0 Å². The van der Waals surface area contributed by atoms with Crippen molar-refractivity contribution in [1.82, 2.24) is 0 Å². The Morgan fingerprint density at radius 1 is 1.25 bits per heavy atom. The smallest absolute Gasteiger partial charge is 0.289 e. The maximum atomic E-state index is 12.5. The molecule has 0 saturated heterocycles. The normalized spacial score (nSPS) is 41.4. The van der Waals surface area contributed by atoms with Gasteiger partial charge in [0.05, 0.1) is 0 Å². The Hall–Kier alpha value is -0.540. The lowest BCUT2D eigenvalue weighted by atomic mass is 9.65. The van der Waals surface area contributed by atoms with Crippen LogP contribution in [0.3, 0.4) is 0 Å². The highest BCUT2D eigenvalue weighted by atomic mass is 19.4. The fourth-order valence-electron chi connectivity index (χ4n) is 3.80. The van der Waals surface area contributed by atoms with Gasteiger partial charge in [0.15, 0.2) is 0 Å². The molecular formula is C12H17F3O. The molecule has 0 aliphatic heterocycles.